The van der Waals surface area contributed by atoms with Gasteiger partial charge < -0.3 is 15.0 Å². The standard InChI is InChI=1S/C16H18ClN3O3S/c1-11-9-18-16(24-11)19-14(21)10-20(6-7-23-2)15(22)12-4-3-5-13(17)8-12/h3-5,8-9H,6-7,10H2,1-2H3,(H,18,19,21). The lowest BCUT2D eigenvalue weighted by molar-refractivity contribution is -0.117. The fourth-order valence-electron chi connectivity index (χ4n) is 2.00. The SMILES string of the molecule is COCCN(CC(=O)Nc1ncc(C)s1)C(=O)c1cccc(Cl)c1. The summed E-state index contributed by atoms with van der Waals surface area (Å²) in [6, 6.07) is 6.62. The highest BCUT2D eigenvalue weighted by atomic mass is 35.5. The molecule has 128 valence electrons. The summed E-state index contributed by atoms with van der Waals surface area (Å²) in [5.41, 5.74) is 0.427. The van der Waals surface area contributed by atoms with E-state index in [0.717, 1.165) is 4.88 Å². The van der Waals surface area contributed by atoms with E-state index in [0.29, 0.717) is 28.9 Å². The molecule has 0 unspecified atom stereocenters. The Morgan fingerprint density at radius 3 is 2.83 bits per heavy atom. The number of ether oxygens (including phenoxy) is 1. The van der Waals surface area contributed by atoms with E-state index in [2.05, 4.69) is 10.3 Å². The number of methoxy groups -OCH3 is 1. The number of aryl methyl sites for hydroxylation is 1. The number of benzene rings is 1. The molecule has 1 aromatic carbocycles. The average molecular weight is 368 g/mol. The second-order valence-corrected chi connectivity index (χ2v) is 6.73. The molecule has 24 heavy (non-hydrogen) atoms. The van der Waals surface area contributed by atoms with Gasteiger partial charge in [-0.25, -0.2) is 4.98 Å². The zero-order valence-electron chi connectivity index (χ0n) is 13.4. The predicted octanol–water partition coefficient (Wildman–Crippen LogP) is 2.83. The van der Waals surface area contributed by atoms with Crippen LogP contribution in [0, 0.1) is 6.92 Å². The van der Waals surface area contributed by atoms with E-state index in [1.807, 2.05) is 6.92 Å². The largest absolute Gasteiger partial charge is 0.383 e. The van der Waals surface area contributed by atoms with Gasteiger partial charge in [0.1, 0.15) is 6.54 Å². The summed E-state index contributed by atoms with van der Waals surface area (Å²) in [4.78, 5) is 31.3. The third-order valence-electron chi connectivity index (χ3n) is 3.13. The second-order valence-electron chi connectivity index (χ2n) is 5.05. The van der Waals surface area contributed by atoms with Crippen LogP contribution < -0.4 is 5.32 Å². The van der Waals surface area contributed by atoms with Crippen molar-refractivity contribution in [1.29, 1.82) is 0 Å². The van der Waals surface area contributed by atoms with Crippen molar-refractivity contribution in [2.75, 3.05) is 32.1 Å². The normalized spacial score (nSPS) is 10.5. The minimum atomic E-state index is -0.309. The maximum absolute atomic E-state index is 12.6. The lowest BCUT2D eigenvalue weighted by Crippen LogP contribution is -2.40. The maximum Gasteiger partial charge on any atom is 0.254 e. The molecule has 1 N–H and O–H groups in total. The fourth-order valence-corrected chi connectivity index (χ4v) is 2.87. The third kappa shape index (κ3) is 5.30. The molecule has 0 spiro atoms. The number of nitrogens with one attached hydrogen (secondary N) is 1. The molecule has 0 bridgehead atoms. The zero-order valence-corrected chi connectivity index (χ0v) is 15.0. The van der Waals surface area contributed by atoms with Crippen molar-refractivity contribution < 1.29 is 14.3 Å². The Kier molecular flexibility index (Phi) is 6.72. The van der Waals surface area contributed by atoms with E-state index in [-0.39, 0.29) is 18.4 Å². The van der Waals surface area contributed by atoms with Gasteiger partial charge in [-0.15, -0.1) is 11.3 Å². The topological polar surface area (TPSA) is 71.5 Å². The summed E-state index contributed by atoms with van der Waals surface area (Å²) in [6.45, 7) is 2.44. The van der Waals surface area contributed by atoms with E-state index in [1.54, 1.807) is 37.6 Å². The van der Waals surface area contributed by atoms with Gasteiger partial charge >= 0.3 is 0 Å². The van der Waals surface area contributed by atoms with Crippen LogP contribution in [0.2, 0.25) is 5.02 Å². The summed E-state index contributed by atoms with van der Waals surface area (Å²) in [6.07, 6.45) is 1.68. The van der Waals surface area contributed by atoms with Gasteiger partial charge in [0.15, 0.2) is 5.13 Å². The number of amides is 2. The Balaban J connectivity index is 2.06. The molecular weight excluding hydrogens is 350 g/mol. The summed E-state index contributed by atoms with van der Waals surface area (Å²) >= 11 is 7.31. The third-order valence-corrected chi connectivity index (χ3v) is 4.19. The lowest BCUT2D eigenvalue weighted by atomic mass is 10.2. The van der Waals surface area contributed by atoms with Crippen LogP contribution in [-0.4, -0.2) is 48.5 Å². The van der Waals surface area contributed by atoms with Crippen molar-refractivity contribution in [1.82, 2.24) is 9.88 Å². The van der Waals surface area contributed by atoms with Gasteiger partial charge in [0.25, 0.3) is 5.91 Å². The summed E-state index contributed by atoms with van der Waals surface area (Å²) in [5.74, 6) is -0.587. The molecule has 1 heterocycles. The van der Waals surface area contributed by atoms with E-state index >= 15 is 0 Å². The number of hydrogen-bond donors (Lipinski definition) is 1. The predicted molar refractivity (Wildman–Crippen MR) is 94.7 cm³/mol. The Morgan fingerprint density at radius 2 is 2.21 bits per heavy atom. The number of nitrogens with zero attached hydrogens (tertiary/aromatic N) is 2. The van der Waals surface area contributed by atoms with Crippen LogP contribution >= 0.6 is 22.9 Å². The molecule has 2 rings (SSSR count). The molecule has 0 aliphatic rings. The number of aromatic nitrogens is 1. The first kappa shape index (κ1) is 18.4. The maximum atomic E-state index is 12.6. The summed E-state index contributed by atoms with van der Waals surface area (Å²) in [7, 11) is 1.54. The van der Waals surface area contributed by atoms with Gasteiger partial charge in [-0.2, -0.15) is 0 Å². The minimum absolute atomic E-state index is 0.0899. The van der Waals surface area contributed by atoms with Gasteiger partial charge in [-0.05, 0) is 25.1 Å². The molecule has 6 nitrogen and oxygen atoms in total. The first-order chi connectivity index (χ1) is 11.5. The highest BCUT2D eigenvalue weighted by molar-refractivity contribution is 7.15. The Labute approximate surface area is 149 Å². The van der Waals surface area contributed by atoms with Crippen LogP contribution in [0.1, 0.15) is 15.2 Å². The number of carbonyl (C=O) groups is 2. The molecule has 2 amide bonds. The van der Waals surface area contributed by atoms with E-state index in [1.165, 1.54) is 16.2 Å². The molecular formula is C16H18ClN3O3S. The molecule has 0 aliphatic heterocycles. The van der Waals surface area contributed by atoms with Crippen molar-refractivity contribution in [3.05, 3.63) is 45.9 Å². The lowest BCUT2D eigenvalue weighted by Gasteiger charge is -2.21. The van der Waals surface area contributed by atoms with E-state index in [4.69, 9.17) is 16.3 Å². The van der Waals surface area contributed by atoms with Crippen LogP contribution in [0.4, 0.5) is 5.13 Å². The Bertz CT molecular complexity index is 720. The highest BCUT2D eigenvalue weighted by Gasteiger charge is 2.19. The van der Waals surface area contributed by atoms with Crippen LogP contribution in [0.15, 0.2) is 30.5 Å². The number of carbonyl (C=O) groups excluding carboxylic acids is 2. The van der Waals surface area contributed by atoms with Gasteiger partial charge in [0.05, 0.1) is 6.61 Å². The second kappa shape index (κ2) is 8.77. The fraction of sp³-hybridized carbons (Fsp3) is 0.312. The van der Waals surface area contributed by atoms with Crippen molar-refractivity contribution in [2.45, 2.75) is 6.92 Å². The van der Waals surface area contributed by atoms with Crippen molar-refractivity contribution in [2.24, 2.45) is 0 Å². The molecule has 2 aromatic rings. The quantitative estimate of drug-likeness (QED) is 0.816. The van der Waals surface area contributed by atoms with E-state index < -0.39 is 0 Å². The van der Waals surface area contributed by atoms with Crippen LogP contribution in [0.25, 0.3) is 0 Å². The zero-order chi connectivity index (χ0) is 17.5. The molecule has 0 fully saturated rings. The van der Waals surface area contributed by atoms with Crippen molar-refractivity contribution in [3.63, 3.8) is 0 Å². The first-order valence-electron chi connectivity index (χ1n) is 7.25. The molecule has 0 saturated carbocycles. The van der Waals surface area contributed by atoms with Crippen LogP contribution in [0.3, 0.4) is 0 Å². The van der Waals surface area contributed by atoms with Crippen LogP contribution in [-0.2, 0) is 9.53 Å². The first-order valence-corrected chi connectivity index (χ1v) is 8.45. The number of hydrogen-bond acceptors (Lipinski definition) is 5. The molecule has 0 atom stereocenters. The monoisotopic (exact) mass is 367 g/mol. The molecule has 8 heteroatoms. The Morgan fingerprint density at radius 1 is 1.42 bits per heavy atom. The van der Waals surface area contributed by atoms with Gasteiger partial charge in [0, 0.05) is 35.3 Å². The summed E-state index contributed by atoms with van der Waals surface area (Å²) < 4.78 is 5.02. The Hall–Kier alpha value is -1.96. The highest BCUT2D eigenvalue weighted by Crippen LogP contribution is 2.17. The summed E-state index contributed by atoms with van der Waals surface area (Å²) in [5, 5.41) is 3.68. The molecule has 0 radical (unpaired) electrons. The van der Waals surface area contributed by atoms with Gasteiger partial charge in [-0.1, -0.05) is 17.7 Å². The van der Waals surface area contributed by atoms with Crippen LogP contribution in [0.5, 0.6) is 0 Å². The van der Waals surface area contributed by atoms with Crippen molar-refractivity contribution >= 4 is 39.9 Å². The number of rotatable bonds is 7. The molecule has 1 aromatic heterocycles. The van der Waals surface area contributed by atoms with Gasteiger partial charge in [0.2, 0.25) is 5.91 Å². The molecule has 0 aliphatic carbocycles. The number of thiazole rings is 1. The van der Waals surface area contributed by atoms with Crippen molar-refractivity contribution in [3.8, 4) is 0 Å². The molecule has 0 saturated heterocycles. The number of halogens is 1. The van der Waals surface area contributed by atoms with E-state index in [9.17, 15) is 9.59 Å². The van der Waals surface area contributed by atoms with Gasteiger partial charge in [-0.3, -0.25) is 9.59 Å². The average Bonchev–Trinajstić information content (AvgIpc) is 2.95. The number of anilines is 1. The minimum Gasteiger partial charge on any atom is -0.383 e. The smallest absolute Gasteiger partial charge is 0.254 e.